The first-order valence-corrected chi connectivity index (χ1v) is 13.4. The van der Waals surface area contributed by atoms with Gasteiger partial charge in [0.1, 0.15) is 12.3 Å². The van der Waals surface area contributed by atoms with E-state index in [-0.39, 0.29) is 16.3 Å². The number of anilines is 1. The van der Waals surface area contributed by atoms with Crippen LogP contribution in [0.1, 0.15) is 11.1 Å². The number of nitrogens with zero attached hydrogens (tertiary/aromatic N) is 2. The minimum Gasteiger partial charge on any atom is -0.497 e. The van der Waals surface area contributed by atoms with Crippen LogP contribution in [0.3, 0.4) is 0 Å². The van der Waals surface area contributed by atoms with Crippen LogP contribution in [0.5, 0.6) is 5.75 Å². The molecular weight excluding hydrogens is 502 g/mol. The first-order chi connectivity index (χ1) is 17.1. The molecule has 0 aliphatic heterocycles. The fourth-order valence-corrected chi connectivity index (χ4v) is 5.53. The van der Waals surface area contributed by atoms with E-state index in [9.17, 15) is 23.3 Å². The Morgan fingerprint density at radius 3 is 2.33 bits per heavy atom. The molecule has 0 saturated carbocycles. The minimum atomic E-state index is -4.30. The maximum atomic E-state index is 13.5. The number of nitrogens with one attached hydrogen (secondary N) is 1. The van der Waals surface area contributed by atoms with Crippen molar-refractivity contribution in [2.24, 2.45) is 0 Å². The molecule has 3 aromatic carbocycles. The van der Waals surface area contributed by atoms with Crippen molar-refractivity contribution in [1.29, 1.82) is 0 Å². The highest BCUT2D eigenvalue weighted by Gasteiger charge is 2.29. The zero-order valence-corrected chi connectivity index (χ0v) is 21.8. The number of hydrogen-bond donors (Lipinski definition) is 1. The van der Waals surface area contributed by atoms with Gasteiger partial charge in [-0.05, 0) is 56.3 Å². The van der Waals surface area contributed by atoms with Crippen LogP contribution in [0, 0.1) is 24.0 Å². The van der Waals surface area contributed by atoms with E-state index in [1.807, 2.05) is 31.2 Å². The third-order valence-electron chi connectivity index (χ3n) is 5.33. The second kappa shape index (κ2) is 11.9. The lowest BCUT2D eigenvalue weighted by atomic mass is 10.2. The van der Waals surface area contributed by atoms with Crippen molar-refractivity contribution < 1.29 is 22.9 Å². The highest BCUT2D eigenvalue weighted by atomic mass is 32.2. The molecule has 0 aliphatic carbocycles. The van der Waals surface area contributed by atoms with Gasteiger partial charge in [0.15, 0.2) is 0 Å². The monoisotopic (exact) mass is 529 g/mol. The number of aryl methyl sites for hydroxylation is 2. The lowest BCUT2D eigenvalue weighted by Gasteiger charge is -2.24. The molecule has 9 nitrogen and oxygen atoms in total. The molecule has 0 fully saturated rings. The predicted octanol–water partition coefficient (Wildman–Crippen LogP) is 4.32. The first kappa shape index (κ1) is 27.0. The molecule has 0 heterocycles. The normalized spacial score (nSPS) is 11.1. The Balaban J connectivity index is 1.79. The topological polar surface area (TPSA) is 119 Å². The average molecular weight is 530 g/mol. The summed E-state index contributed by atoms with van der Waals surface area (Å²) >= 11 is 1.57. The molecule has 0 radical (unpaired) electrons. The van der Waals surface area contributed by atoms with E-state index in [2.05, 4.69) is 5.32 Å². The Labute approximate surface area is 214 Å². The number of rotatable bonds is 11. The lowest BCUT2D eigenvalue weighted by Crippen LogP contribution is -2.41. The van der Waals surface area contributed by atoms with Gasteiger partial charge in [-0.3, -0.25) is 19.2 Å². The molecule has 11 heteroatoms. The summed E-state index contributed by atoms with van der Waals surface area (Å²) in [7, 11) is -2.81. The summed E-state index contributed by atoms with van der Waals surface area (Å²) in [4.78, 5) is 24.3. The fraction of sp³-hybridized carbons (Fsp3) is 0.240. The molecule has 3 aromatic rings. The third kappa shape index (κ3) is 6.76. The predicted molar refractivity (Wildman–Crippen MR) is 140 cm³/mol. The summed E-state index contributed by atoms with van der Waals surface area (Å²) < 4.78 is 33.2. The third-order valence-corrected chi connectivity index (χ3v) is 8.11. The lowest BCUT2D eigenvalue weighted by molar-refractivity contribution is -0.385. The zero-order valence-electron chi connectivity index (χ0n) is 20.1. The number of nitro groups is 1. The number of sulfonamides is 1. The molecule has 0 saturated heterocycles. The standard InChI is InChI=1S/C25H27N3O6S2/c1-18-4-11-22(12-5-18)35-15-14-26-25(29)17-27(20-7-9-21(34-3)10-8-20)36(32,33)23-13-6-19(2)24(16-23)28(30)31/h4-13,16H,14-15,17H2,1-3H3,(H,26,29). The van der Waals surface area contributed by atoms with Crippen molar-refractivity contribution in [2.75, 3.05) is 30.3 Å². The molecule has 36 heavy (non-hydrogen) atoms. The van der Waals surface area contributed by atoms with E-state index in [1.165, 1.54) is 38.3 Å². The van der Waals surface area contributed by atoms with Crippen LogP contribution in [-0.2, 0) is 14.8 Å². The largest absolute Gasteiger partial charge is 0.497 e. The van der Waals surface area contributed by atoms with Crippen molar-refractivity contribution in [3.63, 3.8) is 0 Å². The fourth-order valence-electron chi connectivity index (χ4n) is 3.32. The average Bonchev–Trinajstić information content (AvgIpc) is 2.86. The summed E-state index contributed by atoms with van der Waals surface area (Å²) in [6.07, 6.45) is 0. The van der Waals surface area contributed by atoms with Gasteiger partial charge >= 0.3 is 0 Å². The van der Waals surface area contributed by atoms with E-state index in [4.69, 9.17) is 4.74 Å². The highest BCUT2D eigenvalue weighted by Crippen LogP contribution is 2.29. The molecule has 190 valence electrons. The van der Waals surface area contributed by atoms with Gasteiger partial charge in [0.05, 0.1) is 22.6 Å². The summed E-state index contributed by atoms with van der Waals surface area (Å²) in [6.45, 7) is 3.37. The van der Waals surface area contributed by atoms with Crippen LogP contribution in [0.25, 0.3) is 0 Å². The van der Waals surface area contributed by atoms with Gasteiger partial charge in [-0.2, -0.15) is 0 Å². The number of nitro benzene ring substituents is 1. The molecule has 0 aromatic heterocycles. The van der Waals surface area contributed by atoms with Crippen LogP contribution < -0.4 is 14.4 Å². The van der Waals surface area contributed by atoms with Crippen molar-refractivity contribution in [1.82, 2.24) is 5.32 Å². The second-order valence-electron chi connectivity index (χ2n) is 7.93. The number of hydrogen-bond acceptors (Lipinski definition) is 7. The van der Waals surface area contributed by atoms with Gasteiger partial charge in [0.2, 0.25) is 5.91 Å². The summed E-state index contributed by atoms with van der Waals surface area (Å²) in [5, 5.41) is 14.1. The van der Waals surface area contributed by atoms with Crippen molar-refractivity contribution in [2.45, 2.75) is 23.6 Å². The number of benzene rings is 3. The van der Waals surface area contributed by atoms with Crippen LogP contribution in [0.4, 0.5) is 11.4 Å². The number of methoxy groups -OCH3 is 1. The van der Waals surface area contributed by atoms with E-state index in [0.29, 0.717) is 23.6 Å². The van der Waals surface area contributed by atoms with E-state index in [0.717, 1.165) is 20.8 Å². The molecule has 1 N–H and O–H groups in total. The van der Waals surface area contributed by atoms with Crippen molar-refractivity contribution >= 4 is 39.1 Å². The molecule has 3 rings (SSSR count). The Hall–Kier alpha value is -3.57. The number of carbonyl (C=O) groups is 1. The maximum absolute atomic E-state index is 13.5. The number of thioether (sulfide) groups is 1. The number of ether oxygens (including phenoxy) is 1. The van der Waals surface area contributed by atoms with E-state index >= 15 is 0 Å². The van der Waals surface area contributed by atoms with Gasteiger partial charge in [0, 0.05) is 28.8 Å². The minimum absolute atomic E-state index is 0.225. The van der Waals surface area contributed by atoms with Crippen LogP contribution in [0.15, 0.2) is 76.5 Å². The number of amides is 1. The van der Waals surface area contributed by atoms with Crippen LogP contribution in [0.2, 0.25) is 0 Å². The molecule has 0 unspecified atom stereocenters. The molecule has 1 amide bonds. The van der Waals surface area contributed by atoms with Gasteiger partial charge in [-0.25, -0.2) is 8.42 Å². The summed E-state index contributed by atoms with van der Waals surface area (Å²) in [6, 6.07) is 17.9. The van der Waals surface area contributed by atoms with Crippen LogP contribution in [-0.4, -0.2) is 45.2 Å². The Morgan fingerprint density at radius 1 is 1.06 bits per heavy atom. The SMILES string of the molecule is COc1ccc(N(CC(=O)NCCSc2ccc(C)cc2)S(=O)(=O)c2ccc(C)c([N+](=O)[O-])c2)cc1. The smallest absolute Gasteiger partial charge is 0.273 e. The summed E-state index contributed by atoms with van der Waals surface area (Å²) in [5.74, 6) is 0.619. The Kier molecular flexibility index (Phi) is 8.94. The van der Waals surface area contributed by atoms with Gasteiger partial charge < -0.3 is 10.1 Å². The van der Waals surface area contributed by atoms with Crippen molar-refractivity contribution in [3.8, 4) is 5.75 Å². The molecule has 0 aliphatic rings. The quantitative estimate of drug-likeness (QED) is 0.170. The molecule has 0 bridgehead atoms. The zero-order chi connectivity index (χ0) is 26.3. The van der Waals surface area contributed by atoms with Gasteiger partial charge in [-0.1, -0.05) is 23.8 Å². The van der Waals surface area contributed by atoms with E-state index < -0.39 is 27.4 Å². The van der Waals surface area contributed by atoms with Gasteiger partial charge in [-0.15, -0.1) is 11.8 Å². The molecule has 0 atom stereocenters. The Morgan fingerprint density at radius 2 is 1.72 bits per heavy atom. The number of carbonyl (C=O) groups excluding carboxylic acids is 1. The van der Waals surface area contributed by atoms with E-state index in [1.54, 1.807) is 23.9 Å². The van der Waals surface area contributed by atoms with Crippen molar-refractivity contribution in [3.05, 3.63) is 88.0 Å². The van der Waals surface area contributed by atoms with Crippen LogP contribution >= 0.6 is 11.8 Å². The van der Waals surface area contributed by atoms with Gasteiger partial charge in [0.25, 0.3) is 15.7 Å². The maximum Gasteiger partial charge on any atom is 0.273 e. The Bertz CT molecular complexity index is 1330. The first-order valence-electron chi connectivity index (χ1n) is 11.0. The second-order valence-corrected chi connectivity index (χ2v) is 11.0. The molecular formula is C25H27N3O6S2. The summed E-state index contributed by atoms with van der Waals surface area (Å²) in [5.41, 5.74) is 1.40. The highest BCUT2D eigenvalue weighted by molar-refractivity contribution is 7.99. The molecule has 0 spiro atoms.